The van der Waals surface area contributed by atoms with Crippen LogP contribution in [-0.2, 0) is 55.8 Å². The van der Waals surface area contributed by atoms with Gasteiger partial charge in [0.15, 0.2) is 6.10 Å². The topological polar surface area (TPSA) is 231 Å². The number of carbonyl (C=O) groups excluding carboxylic acids is 3. The molecule has 0 fully saturated rings. The van der Waals surface area contributed by atoms with E-state index in [-0.39, 0.29) is 19.3 Å². The molecule has 4 N–H and O–H groups in total. The maximum Gasteiger partial charge on any atom is 0.472 e. The van der Waals surface area contributed by atoms with Crippen LogP contribution in [0.2, 0.25) is 0 Å². The molecule has 0 saturated heterocycles. The van der Waals surface area contributed by atoms with Crippen molar-refractivity contribution in [3.63, 3.8) is 0 Å². The molecule has 0 saturated carbocycles. The summed E-state index contributed by atoms with van der Waals surface area (Å²) in [4.78, 5) is 59.0. The Labute approximate surface area is 689 Å². The van der Waals surface area contributed by atoms with Crippen molar-refractivity contribution >= 4 is 33.6 Å². The fourth-order valence-corrected chi connectivity index (χ4v) is 13.5. The van der Waals surface area contributed by atoms with Gasteiger partial charge in [0.2, 0.25) is 0 Å². The first kappa shape index (κ1) is 108. The maximum atomic E-state index is 13.1. The average Bonchev–Trinajstić information content (AvgIpc) is 0.906. The third-order valence-corrected chi connectivity index (χ3v) is 20.6. The first-order chi connectivity index (χ1) is 55.2. The van der Waals surface area contributed by atoms with Crippen LogP contribution in [0.3, 0.4) is 0 Å². The largest absolute Gasteiger partial charge is 0.472 e. The van der Waals surface area contributed by atoms with Gasteiger partial charge in [0.1, 0.15) is 25.4 Å². The van der Waals surface area contributed by atoms with Crippen LogP contribution >= 0.6 is 15.6 Å². The van der Waals surface area contributed by atoms with Gasteiger partial charge in [0.25, 0.3) is 0 Å². The van der Waals surface area contributed by atoms with E-state index < -0.39 is 91.5 Å². The Kier molecular flexibility index (Phi) is 82.8. The smallest absolute Gasteiger partial charge is 0.463 e. The predicted molar refractivity (Wildman–Crippen MR) is 472 cm³/mol. The number of phosphoric acid groups is 2. The Balaban J connectivity index is 4.69. The van der Waals surface area contributed by atoms with E-state index in [0.717, 1.165) is 161 Å². The second kappa shape index (κ2) is 86.5. The summed E-state index contributed by atoms with van der Waals surface area (Å²) in [5, 5.41) is 20.7. The number of esters is 3. The highest BCUT2D eigenvalue weighted by Crippen LogP contribution is 2.45. The lowest BCUT2D eigenvalue weighted by Gasteiger charge is -2.21. The van der Waals surface area contributed by atoms with Gasteiger partial charge in [-0.2, -0.15) is 0 Å². The van der Waals surface area contributed by atoms with Crippen LogP contribution in [0.15, 0.2) is 158 Å². The molecule has 0 aliphatic heterocycles. The Hall–Kier alpha value is -4.83. The van der Waals surface area contributed by atoms with Gasteiger partial charge in [-0.1, -0.05) is 352 Å². The highest BCUT2D eigenvalue weighted by Gasteiger charge is 2.29. The number of hydrogen-bond acceptors (Lipinski definition) is 14. The minimum absolute atomic E-state index is 0.0915. The van der Waals surface area contributed by atoms with E-state index in [0.29, 0.717) is 19.3 Å². The number of ether oxygens (including phenoxy) is 3. The first-order valence-electron chi connectivity index (χ1n) is 44.8. The summed E-state index contributed by atoms with van der Waals surface area (Å²) in [6.45, 7) is 2.53. The molecule has 0 rings (SSSR count). The lowest BCUT2D eigenvalue weighted by molar-refractivity contribution is -0.161. The van der Waals surface area contributed by atoms with Crippen LogP contribution in [0.25, 0.3) is 0 Å². The van der Waals surface area contributed by atoms with E-state index in [1.54, 1.807) is 0 Å². The molecule has 648 valence electrons. The fraction of sp³-hybridized carbons (Fsp3) is 0.695. The van der Waals surface area contributed by atoms with Crippen molar-refractivity contribution in [2.45, 2.75) is 386 Å². The lowest BCUT2D eigenvalue weighted by atomic mass is 10.0. The summed E-state index contributed by atoms with van der Waals surface area (Å²) in [5.74, 6) is -1.59. The van der Waals surface area contributed by atoms with Crippen molar-refractivity contribution in [3.8, 4) is 0 Å². The Morgan fingerprint density at radius 2 is 0.469 bits per heavy atom. The van der Waals surface area contributed by atoms with Crippen LogP contribution < -0.4 is 0 Å². The van der Waals surface area contributed by atoms with E-state index >= 15 is 0 Å². The van der Waals surface area contributed by atoms with Gasteiger partial charge in [0, 0.05) is 19.3 Å². The number of unbranched alkanes of at least 4 members (excludes halogenated alkanes) is 35. The highest BCUT2D eigenvalue weighted by molar-refractivity contribution is 7.47. The third kappa shape index (κ3) is 87.8. The number of phosphoric ester groups is 2. The van der Waals surface area contributed by atoms with Crippen molar-refractivity contribution in [1.29, 1.82) is 0 Å². The zero-order chi connectivity index (χ0) is 82.2. The minimum Gasteiger partial charge on any atom is -0.463 e. The predicted octanol–water partition coefficient (Wildman–Crippen LogP) is 27.3. The molecule has 0 aromatic carbocycles. The molecule has 0 spiro atoms. The molecule has 0 aromatic heterocycles. The zero-order valence-electron chi connectivity index (χ0n) is 71.3. The van der Waals surface area contributed by atoms with Crippen LogP contribution in [0.1, 0.15) is 367 Å². The van der Waals surface area contributed by atoms with Gasteiger partial charge in [-0.05, 0) is 154 Å². The van der Waals surface area contributed by atoms with Crippen LogP contribution in [-0.4, -0.2) is 95.9 Å². The quantitative estimate of drug-likeness (QED) is 0.0146. The number of allylic oxidation sites excluding steroid dienone is 26. The Bertz CT molecular complexity index is 2680. The van der Waals surface area contributed by atoms with Gasteiger partial charge < -0.3 is 34.2 Å². The molecule has 0 aromatic rings. The molecule has 0 aliphatic carbocycles. The molecular formula is C95H162O16P2. The average molecular weight is 1620 g/mol. The van der Waals surface area contributed by atoms with Gasteiger partial charge in [-0.15, -0.1) is 0 Å². The molecular weight excluding hydrogens is 1460 g/mol. The second-order valence-corrected chi connectivity index (χ2v) is 32.6. The number of aliphatic hydroxyl groups excluding tert-OH is 2. The molecule has 0 aliphatic rings. The van der Waals surface area contributed by atoms with Crippen molar-refractivity contribution in [1.82, 2.24) is 0 Å². The molecule has 5 unspecified atom stereocenters. The normalized spacial score (nSPS) is 14.6. The molecule has 16 nitrogen and oxygen atoms in total. The molecule has 0 bridgehead atoms. The van der Waals surface area contributed by atoms with E-state index in [4.69, 9.17) is 32.3 Å². The van der Waals surface area contributed by atoms with Crippen LogP contribution in [0, 0.1) is 0 Å². The van der Waals surface area contributed by atoms with E-state index in [2.05, 4.69) is 179 Å². The number of aliphatic hydroxyl groups is 2. The molecule has 18 heteroatoms. The maximum absolute atomic E-state index is 13.1. The summed E-state index contributed by atoms with van der Waals surface area (Å²) >= 11 is 0. The SMILES string of the molecule is CC/C=C\C/C=C\C/C=C\C/C=C\C/C=C\CCCCCCCCCCCC(=O)OCC(COP(=O)(O)OCC(O)COP(=O)(O)OCC(O)COC(=O)CCCCCCCCCCCCC/C=C\C/C=C\C/C=C\C/C=C\CCCCC)OC(=O)CCCCCCCCCCC/C=C\C/C=C\C/C=C\C/C=C\CCCCC. The zero-order valence-corrected chi connectivity index (χ0v) is 73.0. The molecule has 0 heterocycles. The lowest BCUT2D eigenvalue weighted by Crippen LogP contribution is -2.30. The van der Waals surface area contributed by atoms with Crippen molar-refractivity contribution in [2.75, 3.05) is 39.6 Å². The van der Waals surface area contributed by atoms with Crippen LogP contribution in [0.4, 0.5) is 0 Å². The Morgan fingerprint density at radius 1 is 0.257 bits per heavy atom. The summed E-state index contributed by atoms with van der Waals surface area (Å²) in [7, 11) is -9.82. The standard InChI is InChI=1S/C95H162O16P2/c1-4-7-10-13-16-19-22-25-28-31-34-37-40-43-44-47-49-51-54-57-60-63-66-69-72-75-78-81-93(98)105-84-90(96)85-107-112(101,102)108-86-91(97)87-109-113(103,104)110-89-92(111-95(100)83-80-77-74-71-68-65-62-59-56-53-50-46-42-39-36-33-30-27-24-21-18-15-12-9-6-3)88-106-94(99)82-79-76-73-70-67-64-61-58-55-52-48-45-41-38-35-32-29-26-23-20-17-14-11-8-5-2/h8,11,16-21,25-30,34-39,43-46,48,50,90-92,96-97H,4-7,9-10,12-15,22-24,31-33,40-42,47,49,51-89H2,1-3H3,(H,101,102)(H,103,104)/b11-8-,19-16-,20-17-,21-18-,28-25-,29-26-,30-27-,37-34-,38-35-,39-36-,44-43-,48-45-,50-46-. The summed E-state index contributed by atoms with van der Waals surface area (Å²) in [6, 6.07) is 0. The van der Waals surface area contributed by atoms with E-state index in [1.807, 2.05) is 0 Å². The molecule has 5 atom stereocenters. The van der Waals surface area contributed by atoms with Gasteiger partial charge in [0.05, 0.1) is 26.4 Å². The van der Waals surface area contributed by atoms with Gasteiger partial charge in [-0.25, -0.2) is 9.13 Å². The summed E-state index contributed by atoms with van der Waals surface area (Å²) in [6.07, 6.45) is 110. The highest BCUT2D eigenvalue weighted by atomic mass is 31.2. The molecule has 0 amide bonds. The molecule has 113 heavy (non-hydrogen) atoms. The van der Waals surface area contributed by atoms with E-state index in [1.165, 1.54) is 148 Å². The van der Waals surface area contributed by atoms with E-state index in [9.17, 15) is 43.5 Å². The van der Waals surface area contributed by atoms with Crippen molar-refractivity contribution < 1.29 is 75.8 Å². The van der Waals surface area contributed by atoms with Gasteiger partial charge in [-0.3, -0.25) is 32.5 Å². The van der Waals surface area contributed by atoms with Crippen LogP contribution in [0.5, 0.6) is 0 Å². The second-order valence-electron chi connectivity index (χ2n) is 29.7. The van der Waals surface area contributed by atoms with Crippen molar-refractivity contribution in [2.24, 2.45) is 0 Å². The first-order valence-corrected chi connectivity index (χ1v) is 47.8. The number of rotatable bonds is 84. The minimum atomic E-state index is -4.95. The van der Waals surface area contributed by atoms with Crippen molar-refractivity contribution in [3.05, 3.63) is 158 Å². The summed E-state index contributed by atoms with van der Waals surface area (Å²) in [5.41, 5.74) is 0. The monoisotopic (exact) mass is 1620 g/mol. The fourth-order valence-electron chi connectivity index (χ4n) is 11.9. The summed E-state index contributed by atoms with van der Waals surface area (Å²) < 4.78 is 61.5. The molecule has 0 radical (unpaired) electrons. The third-order valence-electron chi connectivity index (χ3n) is 18.7. The van der Waals surface area contributed by atoms with Gasteiger partial charge >= 0.3 is 33.6 Å². The number of hydrogen-bond donors (Lipinski definition) is 4. The Morgan fingerprint density at radius 3 is 0.743 bits per heavy atom. The number of carbonyl (C=O) groups is 3.